The third kappa shape index (κ3) is 4.61. The summed E-state index contributed by atoms with van der Waals surface area (Å²) in [5.41, 5.74) is 0.414. The first kappa shape index (κ1) is 16.6. The van der Waals surface area contributed by atoms with Crippen molar-refractivity contribution in [3.63, 3.8) is 0 Å². The molecular formula is C17H17N5O3. The van der Waals surface area contributed by atoms with Gasteiger partial charge in [0.1, 0.15) is 31.1 Å². The van der Waals surface area contributed by atoms with Crippen LogP contribution in [-0.2, 0) is 0 Å². The minimum absolute atomic E-state index is 0.0760. The normalized spacial score (nSPS) is 11.7. The first-order valence-corrected chi connectivity index (χ1v) is 7.67. The maximum absolute atomic E-state index is 12.2. The second-order valence-corrected chi connectivity index (χ2v) is 5.23. The van der Waals surface area contributed by atoms with Crippen molar-refractivity contribution in [1.29, 1.82) is 0 Å². The SMILES string of the molecule is O=C(NCC(O)COc1ccccc1)c1ccnc(-n2cncn2)c1. The average molecular weight is 339 g/mol. The molecule has 8 heteroatoms. The molecule has 0 aliphatic rings. The third-order valence-corrected chi connectivity index (χ3v) is 3.35. The van der Waals surface area contributed by atoms with Gasteiger partial charge in [0.25, 0.3) is 5.91 Å². The number of hydrogen-bond acceptors (Lipinski definition) is 6. The van der Waals surface area contributed by atoms with Crippen molar-refractivity contribution >= 4 is 5.91 Å². The van der Waals surface area contributed by atoms with Crippen LogP contribution in [0.2, 0.25) is 0 Å². The van der Waals surface area contributed by atoms with E-state index in [0.29, 0.717) is 17.1 Å². The highest BCUT2D eigenvalue weighted by atomic mass is 16.5. The number of amides is 1. The van der Waals surface area contributed by atoms with Gasteiger partial charge in [-0.1, -0.05) is 18.2 Å². The van der Waals surface area contributed by atoms with E-state index in [0.717, 1.165) is 0 Å². The number of ether oxygens (including phenoxy) is 1. The van der Waals surface area contributed by atoms with Gasteiger partial charge in [-0.3, -0.25) is 4.79 Å². The number of hydrogen-bond donors (Lipinski definition) is 2. The summed E-state index contributed by atoms with van der Waals surface area (Å²) in [4.78, 5) is 20.2. The summed E-state index contributed by atoms with van der Waals surface area (Å²) in [5, 5.41) is 16.6. The molecule has 1 aromatic carbocycles. The number of carbonyl (C=O) groups is 1. The van der Waals surface area contributed by atoms with Crippen LogP contribution in [0.1, 0.15) is 10.4 Å². The topological polar surface area (TPSA) is 102 Å². The summed E-state index contributed by atoms with van der Waals surface area (Å²) in [6.45, 7) is 0.164. The lowest BCUT2D eigenvalue weighted by Crippen LogP contribution is -2.35. The van der Waals surface area contributed by atoms with E-state index >= 15 is 0 Å². The number of aliphatic hydroxyl groups is 1. The van der Waals surface area contributed by atoms with Gasteiger partial charge >= 0.3 is 0 Å². The minimum Gasteiger partial charge on any atom is -0.491 e. The Bertz CT molecular complexity index is 808. The zero-order chi connectivity index (χ0) is 17.5. The van der Waals surface area contributed by atoms with Gasteiger partial charge in [0.15, 0.2) is 5.82 Å². The minimum atomic E-state index is -0.819. The highest BCUT2D eigenvalue weighted by Gasteiger charge is 2.11. The third-order valence-electron chi connectivity index (χ3n) is 3.35. The number of nitrogens with one attached hydrogen (secondary N) is 1. The maximum Gasteiger partial charge on any atom is 0.251 e. The number of aromatic nitrogens is 4. The van der Waals surface area contributed by atoms with E-state index in [2.05, 4.69) is 20.4 Å². The molecule has 0 spiro atoms. The van der Waals surface area contributed by atoms with Crippen LogP contribution >= 0.6 is 0 Å². The molecule has 0 aliphatic heterocycles. The van der Waals surface area contributed by atoms with Crippen LogP contribution in [0.5, 0.6) is 5.75 Å². The predicted molar refractivity (Wildman–Crippen MR) is 89.4 cm³/mol. The smallest absolute Gasteiger partial charge is 0.251 e. The van der Waals surface area contributed by atoms with Crippen molar-refractivity contribution in [3.05, 3.63) is 66.9 Å². The van der Waals surface area contributed by atoms with Gasteiger partial charge in [-0.25, -0.2) is 14.6 Å². The Labute approximate surface area is 144 Å². The van der Waals surface area contributed by atoms with Gasteiger partial charge in [-0.2, -0.15) is 5.10 Å². The van der Waals surface area contributed by atoms with Crippen LogP contribution in [0.4, 0.5) is 0 Å². The van der Waals surface area contributed by atoms with E-state index in [9.17, 15) is 9.90 Å². The number of rotatable bonds is 7. The fourth-order valence-corrected chi connectivity index (χ4v) is 2.09. The summed E-state index contributed by atoms with van der Waals surface area (Å²) in [6.07, 6.45) is 3.58. The van der Waals surface area contributed by atoms with Gasteiger partial charge in [0.2, 0.25) is 0 Å². The van der Waals surface area contributed by atoms with Crippen LogP contribution in [0.25, 0.3) is 5.82 Å². The van der Waals surface area contributed by atoms with E-state index in [-0.39, 0.29) is 19.1 Å². The van der Waals surface area contributed by atoms with Crippen molar-refractivity contribution in [2.24, 2.45) is 0 Å². The first-order valence-electron chi connectivity index (χ1n) is 7.67. The fraction of sp³-hybridized carbons (Fsp3) is 0.176. The van der Waals surface area contributed by atoms with Gasteiger partial charge in [0, 0.05) is 18.3 Å². The Hall–Kier alpha value is -3.26. The van der Waals surface area contributed by atoms with Crippen LogP contribution in [0.3, 0.4) is 0 Å². The Morgan fingerprint density at radius 1 is 1.28 bits per heavy atom. The van der Waals surface area contributed by atoms with Crippen molar-refractivity contribution < 1.29 is 14.6 Å². The second kappa shape index (κ2) is 8.02. The molecule has 3 rings (SSSR count). The van der Waals surface area contributed by atoms with Crippen LogP contribution in [-0.4, -0.2) is 50.0 Å². The number of aliphatic hydroxyl groups excluding tert-OH is 1. The number of pyridine rings is 1. The number of para-hydroxylation sites is 1. The molecule has 2 heterocycles. The predicted octanol–water partition coefficient (Wildman–Crippen LogP) is 0.832. The summed E-state index contributed by atoms with van der Waals surface area (Å²) >= 11 is 0. The Morgan fingerprint density at radius 2 is 2.12 bits per heavy atom. The fourth-order valence-electron chi connectivity index (χ4n) is 2.09. The molecule has 25 heavy (non-hydrogen) atoms. The lowest BCUT2D eigenvalue weighted by molar-refractivity contribution is 0.0843. The van der Waals surface area contributed by atoms with Gasteiger partial charge in [-0.15, -0.1) is 0 Å². The summed E-state index contributed by atoms with van der Waals surface area (Å²) in [5.74, 6) is 0.833. The zero-order valence-corrected chi connectivity index (χ0v) is 13.3. The molecule has 3 aromatic rings. The molecule has 1 unspecified atom stereocenters. The van der Waals surface area contributed by atoms with Gasteiger partial charge < -0.3 is 15.2 Å². The van der Waals surface area contributed by atoms with E-state index in [1.54, 1.807) is 24.3 Å². The molecular weight excluding hydrogens is 322 g/mol. The van der Waals surface area contributed by atoms with Crippen LogP contribution < -0.4 is 10.1 Å². The molecule has 128 valence electrons. The molecule has 1 amide bonds. The Kier molecular flexibility index (Phi) is 5.32. The molecule has 8 nitrogen and oxygen atoms in total. The average Bonchev–Trinajstić information content (AvgIpc) is 3.20. The van der Waals surface area contributed by atoms with Crippen LogP contribution in [0.15, 0.2) is 61.3 Å². The van der Waals surface area contributed by atoms with Crippen molar-refractivity contribution in [3.8, 4) is 11.6 Å². The Morgan fingerprint density at radius 3 is 2.88 bits per heavy atom. The number of nitrogens with zero attached hydrogens (tertiary/aromatic N) is 4. The lowest BCUT2D eigenvalue weighted by atomic mass is 10.2. The second-order valence-electron chi connectivity index (χ2n) is 5.23. The molecule has 2 N–H and O–H groups in total. The molecule has 0 aliphatic carbocycles. The molecule has 0 saturated heterocycles. The first-order chi connectivity index (χ1) is 12.2. The highest BCUT2D eigenvalue weighted by Crippen LogP contribution is 2.08. The van der Waals surface area contributed by atoms with Crippen molar-refractivity contribution in [2.45, 2.75) is 6.10 Å². The summed E-state index contributed by atoms with van der Waals surface area (Å²) in [6, 6.07) is 12.4. The molecule has 0 bridgehead atoms. The van der Waals surface area contributed by atoms with Crippen molar-refractivity contribution in [2.75, 3.05) is 13.2 Å². The summed E-state index contributed by atoms with van der Waals surface area (Å²) in [7, 11) is 0. The van der Waals surface area contributed by atoms with Crippen LogP contribution in [0, 0.1) is 0 Å². The van der Waals surface area contributed by atoms with Gasteiger partial charge in [0.05, 0.1) is 0 Å². The molecule has 0 fully saturated rings. The Balaban J connectivity index is 1.51. The highest BCUT2D eigenvalue weighted by molar-refractivity contribution is 5.94. The number of benzene rings is 1. The van der Waals surface area contributed by atoms with Crippen molar-refractivity contribution in [1.82, 2.24) is 25.1 Å². The monoisotopic (exact) mass is 339 g/mol. The summed E-state index contributed by atoms with van der Waals surface area (Å²) < 4.78 is 6.90. The van der Waals surface area contributed by atoms with Gasteiger partial charge in [-0.05, 0) is 24.3 Å². The quantitative estimate of drug-likeness (QED) is 0.661. The molecule has 2 aromatic heterocycles. The zero-order valence-electron chi connectivity index (χ0n) is 13.3. The number of carbonyl (C=O) groups excluding carboxylic acids is 1. The van der Waals surface area contributed by atoms with E-state index < -0.39 is 6.10 Å². The largest absolute Gasteiger partial charge is 0.491 e. The maximum atomic E-state index is 12.2. The molecule has 0 saturated carbocycles. The van der Waals surface area contributed by atoms with E-state index in [1.165, 1.54) is 23.5 Å². The lowest BCUT2D eigenvalue weighted by Gasteiger charge is -2.13. The standard InChI is InChI=1S/C17H17N5O3/c23-14(10-25-15-4-2-1-3-5-15)9-20-17(24)13-6-7-19-16(8-13)22-12-18-11-21-22/h1-8,11-12,14,23H,9-10H2,(H,20,24). The molecule has 0 radical (unpaired) electrons. The molecule has 1 atom stereocenters. The van der Waals surface area contributed by atoms with E-state index in [1.807, 2.05) is 18.2 Å². The van der Waals surface area contributed by atoms with E-state index in [4.69, 9.17) is 4.74 Å².